The van der Waals surface area contributed by atoms with Gasteiger partial charge in [0.15, 0.2) is 0 Å². The summed E-state index contributed by atoms with van der Waals surface area (Å²) in [4.78, 5) is 17.8. The molecule has 0 unspecified atom stereocenters. The van der Waals surface area contributed by atoms with E-state index in [9.17, 15) is 4.79 Å². The third-order valence-corrected chi connectivity index (χ3v) is 4.86. The number of pyridine rings is 1. The van der Waals surface area contributed by atoms with E-state index < -0.39 is 14.0 Å². The van der Waals surface area contributed by atoms with Gasteiger partial charge in [-0.1, -0.05) is 31.2 Å². The van der Waals surface area contributed by atoms with Crippen molar-refractivity contribution in [2.45, 2.75) is 25.7 Å². The highest BCUT2D eigenvalue weighted by atomic mass is 35.5. The van der Waals surface area contributed by atoms with Gasteiger partial charge in [0, 0.05) is 34.2 Å². The van der Waals surface area contributed by atoms with Gasteiger partial charge in [-0.05, 0) is 12.1 Å². The molecule has 0 bridgehead atoms. The number of aromatic amines is 1. The lowest BCUT2D eigenvalue weighted by Crippen LogP contribution is -2.21. The molecule has 3 N–H and O–H groups in total. The first kappa shape index (κ1) is 17.7. The molecule has 7 heteroatoms. The van der Waals surface area contributed by atoms with Gasteiger partial charge >= 0.3 is 0 Å². The Bertz CT molecular complexity index is 608. The minimum atomic E-state index is -0.803. The van der Waals surface area contributed by atoms with Crippen molar-refractivity contribution >= 4 is 36.6 Å². The van der Waals surface area contributed by atoms with E-state index in [2.05, 4.69) is 29.6 Å². The van der Waals surface area contributed by atoms with Crippen LogP contribution in [0.25, 0.3) is 11.0 Å². The first-order valence-corrected chi connectivity index (χ1v) is 10.7. The normalized spacial score (nSPS) is 11.1. The standard InChI is InChI=1S/C8H6ClN3O.C6H16OSi/c9-5-1-2-11-8-6(5)4(3-12-8)7(10)13;1-7-5-6-8(2,3)4/h1-3H,(H2,10,13)(H,11,12);5-6H2,1-4H3. The second-order valence-corrected chi connectivity index (χ2v) is 11.9. The summed E-state index contributed by atoms with van der Waals surface area (Å²) in [5, 5.41) is 1.05. The fourth-order valence-electron chi connectivity index (χ4n) is 1.62. The number of nitrogens with zero attached hydrogens (tertiary/aromatic N) is 1. The summed E-state index contributed by atoms with van der Waals surface area (Å²) in [5.41, 5.74) is 6.09. The average Bonchev–Trinajstić information content (AvgIpc) is 2.82. The van der Waals surface area contributed by atoms with Crippen molar-refractivity contribution in [3.63, 3.8) is 0 Å². The lowest BCUT2D eigenvalue weighted by Gasteiger charge is -2.13. The van der Waals surface area contributed by atoms with Crippen molar-refractivity contribution in [3.8, 4) is 0 Å². The summed E-state index contributed by atoms with van der Waals surface area (Å²) in [7, 11) is 0.961. The van der Waals surface area contributed by atoms with Crippen LogP contribution in [0.5, 0.6) is 0 Å². The fourth-order valence-corrected chi connectivity index (χ4v) is 2.68. The summed E-state index contributed by atoms with van der Waals surface area (Å²) >= 11 is 5.88. The van der Waals surface area contributed by atoms with Crippen LogP contribution in [0.3, 0.4) is 0 Å². The zero-order valence-electron chi connectivity index (χ0n) is 12.9. The lowest BCUT2D eigenvalue weighted by molar-refractivity contribution is 0.100. The van der Waals surface area contributed by atoms with E-state index in [1.54, 1.807) is 19.4 Å². The molecule has 0 radical (unpaired) electrons. The molecule has 21 heavy (non-hydrogen) atoms. The smallest absolute Gasteiger partial charge is 0.250 e. The number of aromatic nitrogens is 2. The number of fused-ring (bicyclic) bond motifs is 1. The fraction of sp³-hybridized carbons (Fsp3) is 0.429. The Labute approximate surface area is 130 Å². The second-order valence-electron chi connectivity index (χ2n) is 5.89. The number of halogens is 1. The maximum Gasteiger partial charge on any atom is 0.250 e. The van der Waals surface area contributed by atoms with E-state index in [1.807, 2.05) is 0 Å². The molecule has 0 fully saturated rings. The summed E-state index contributed by atoms with van der Waals surface area (Å²) < 4.78 is 4.95. The Morgan fingerprint density at radius 3 is 2.62 bits per heavy atom. The molecule has 2 aromatic heterocycles. The zero-order valence-corrected chi connectivity index (χ0v) is 14.6. The lowest BCUT2D eigenvalue weighted by atomic mass is 10.2. The molecule has 0 aliphatic heterocycles. The monoisotopic (exact) mass is 327 g/mol. The van der Waals surface area contributed by atoms with Gasteiger partial charge in [-0.15, -0.1) is 0 Å². The van der Waals surface area contributed by atoms with Crippen LogP contribution < -0.4 is 5.73 Å². The Morgan fingerprint density at radius 2 is 2.14 bits per heavy atom. The molecule has 2 rings (SSSR count). The van der Waals surface area contributed by atoms with Crippen molar-refractivity contribution in [1.29, 1.82) is 0 Å². The van der Waals surface area contributed by atoms with Crippen LogP contribution in [0.4, 0.5) is 0 Å². The summed E-state index contributed by atoms with van der Waals surface area (Å²) in [6.07, 6.45) is 3.07. The number of primary amides is 1. The van der Waals surface area contributed by atoms with Crippen molar-refractivity contribution in [2.75, 3.05) is 13.7 Å². The van der Waals surface area contributed by atoms with E-state index in [-0.39, 0.29) is 0 Å². The van der Waals surface area contributed by atoms with Gasteiger partial charge in [0.1, 0.15) is 5.65 Å². The third kappa shape index (κ3) is 5.49. The molecule has 5 nitrogen and oxygen atoms in total. The second kappa shape index (κ2) is 7.58. The van der Waals surface area contributed by atoms with Gasteiger partial charge in [0.25, 0.3) is 5.91 Å². The van der Waals surface area contributed by atoms with Crippen LogP contribution in [0.2, 0.25) is 30.7 Å². The Balaban J connectivity index is 0.000000240. The average molecular weight is 328 g/mol. The van der Waals surface area contributed by atoms with E-state index in [4.69, 9.17) is 22.1 Å². The number of carbonyl (C=O) groups is 1. The van der Waals surface area contributed by atoms with E-state index >= 15 is 0 Å². The largest absolute Gasteiger partial charge is 0.385 e. The first-order chi connectivity index (χ1) is 9.76. The molecule has 2 heterocycles. The predicted octanol–water partition coefficient (Wildman–Crippen LogP) is 3.29. The van der Waals surface area contributed by atoms with E-state index in [0.717, 1.165) is 6.61 Å². The number of methoxy groups -OCH3 is 1. The number of H-pyrrole nitrogens is 1. The molecule has 0 saturated heterocycles. The molecular weight excluding hydrogens is 306 g/mol. The number of carbonyl (C=O) groups excluding carboxylic acids is 1. The van der Waals surface area contributed by atoms with Gasteiger partial charge in [-0.2, -0.15) is 0 Å². The predicted molar refractivity (Wildman–Crippen MR) is 89.7 cm³/mol. The maximum absolute atomic E-state index is 10.9. The Hall–Kier alpha value is -1.37. The SMILES string of the molecule is COCC[Si](C)(C)C.NC(=O)c1c[nH]c2nccc(Cl)c12. The first-order valence-electron chi connectivity index (χ1n) is 6.66. The van der Waals surface area contributed by atoms with Gasteiger partial charge < -0.3 is 15.5 Å². The van der Waals surface area contributed by atoms with Gasteiger partial charge in [-0.25, -0.2) is 4.98 Å². The van der Waals surface area contributed by atoms with Crippen molar-refractivity contribution < 1.29 is 9.53 Å². The third-order valence-electron chi connectivity index (χ3n) is 2.84. The van der Waals surface area contributed by atoms with E-state index in [1.165, 1.54) is 12.2 Å². The van der Waals surface area contributed by atoms with Crippen LogP contribution in [0, 0.1) is 0 Å². The van der Waals surface area contributed by atoms with Crippen LogP contribution >= 0.6 is 11.6 Å². The van der Waals surface area contributed by atoms with Crippen LogP contribution in [0.15, 0.2) is 18.5 Å². The number of amides is 1. The molecule has 0 aliphatic carbocycles. The topological polar surface area (TPSA) is 81.0 Å². The quantitative estimate of drug-likeness (QED) is 0.845. The molecular formula is C14H22ClN3O2Si. The molecule has 116 valence electrons. The summed E-state index contributed by atoms with van der Waals surface area (Å²) in [5.74, 6) is -0.513. The molecule has 0 atom stereocenters. The Kier molecular flexibility index (Phi) is 6.38. The minimum Gasteiger partial charge on any atom is -0.385 e. The Morgan fingerprint density at radius 1 is 1.48 bits per heavy atom. The highest BCUT2D eigenvalue weighted by Gasteiger charge is 2.12. The molecule has 2 aromatic rings. The highest BCUT2D eigenvalue weighted by molar-refractivity contribution is 6.76. The molecule has 0 aromatic carbocycles. The van der Waals surface area contributed by atoms with Gasteiger partial charge in [0.2, 0.25) is 0 Å². The number of hydrogen-bond donors (Lipinski definition) is 2. The zero-order chi connectivity index (χ0) is 16.0. The van der Waals surface area contributed by atoms with Gasteiger partial charge in [-0.3, -0.25) is 4.79 Å². The summed E-state index contributed by atoms with van der Waals surface area (Å²) in [6.45, 7) is 8.00. The van der Waals surface area contributed by atoms with Crippen molar-refractivity contribution in [1.82, 2.24) is 9.97 Å². The van der Waals surface area contributed by atoms with Crippen LogP contribution in [-0.2, 0) is 4.74 Å². The van der Waals surface area contributed by atoms with Crippen LogP contribution in [0.1, 0.15) is 10.4 Å². The van der Waals surface area contributed by atoms with Gasteiger partial charge in [0.05, 0.1) is 16.0 Å². The number of nitrogens with two attached hydrogens (primary N) is 1. The molecule has 0 saturated carbocycles. The highest BCUT2D eigenvalue weighted by Crippen LogP contribution is 2.24. The van der Waals surface area contributed by atoms with Crippen LogP contribution in [-0.4, -0.2) is 37.7 Å². The number of hydrogen-bond acceptors (Lipinski definition) is 3. The van der Waals surface area contributed by atoms with Crippen molar-refractivity contribution in [3.05, 3.63) is 29.0 Å². The molecule has 1 amide bonds. The number of ether oxygens (including phenoxy) is 1. The molecule has 0 aliphatic rings. The maximum atomic E-state index is 10.9. The van der Waals surface area contributed by atoms with E-state index in [0.29, 0.717) is 21.6 Å². The molecule has 0 spiro atoms. The van der Waals surface area contributed by atoms with Crippen molar-refractivity contribution in [2.24, 2.45) is 5.73 Å². The number of nitrogens with one attached hydrogen (secondary N) is 1. The summed E-state index contributed by atoms with van der Waals surface area (Å²) in [6, 6.07) is 2.90. The minimum absolute atomic E-state index is 0.369. The number of rotatable bonds is 4.